The molecule has 0 fully saturated rings. The van der Waals surface area contributed by atoms with Crippen molar-refractivity contribution in [1.82, 2.24) is 25.2 Å². The SMILES string of the molecule is COC(=O)c1ccc([C@H](C)NC(=O)c2cc(C(=O)NCc3ccc(F)c(F)c3)nc3c(C(=O)Nc4ccccc4Cl)cnn23)cc1. The average molecular weight is 647 g/mol. The summed E-state index contributed by atoms with van der Waals surface area (Å²) in [6.45, 7) is 1.53. The van der Waals surface area contributed by atoms with Crippen LogP contribution in [0.2, 0.25) is 5.02 Å². The van der Waals surface area contributed by atoms with Gasteiger partial charge in [0.2, 0.25) is 0 Å². The van der Waals surface area contributed by atoms with Crippen molar-refractivity contribution in [2.24, 2.45) is 0 Å². The molecule has 0 aliphatic heterocycles. The molecule has 3 amide bonds. The number of nitrogens with zero attached hydrogens (tertiary/aromatic N) is 3. The van der Waals surface area contributed by atoms with Gasteiger partial charge in [-0.3, -0.25) is 14.4 Å². The molecule has 0 bridgehead atoms. The van der Waals surface area contributed by atoms with Crippen molar-refractivity contribution < 1.29 is 32.7 Å². The number of rotatable bonds is 9. The second-order valence-corrected chi connectivity index (χ2v) is 10.4. The lowest BCUT2D eigenvalue weighted by molar-refractivity contribution is 0.0600. The molecular formula is C32H25ClF2N6O5. The van der Waals surface area contributed by atoms with E-state index in [9.17, 15) is 28.0 Å². The first-order valence-corrected chi connectivity index (χ1v) is 14.1. The number of nitrogens with one attached hydrogen (secondary N) is 3. The van der Waals surface area contributed by atoms with Crippen LogP contribution < -0.4 is 16.0 Å². The summed E-state index contributed by atoms with van der Waals surface area (Å²) in [5.41, 5.74) is 1.05. The summed E-state index contributed by atoms with van der Waals surface area (Å²) in [5.74, 6) is -4.69. The highest BCUT2D eigenvalue weighted by Crippen LogP contribution is 2.23. The van der Waals surface area contributed by atoms with E-state index >= 15 is 0 Å². The first-order chi connectivity index (χ1) is 22.0. The van der Waals surface area contributed by atoms with E-state index in [-0.39, 0.29) is 39.7 Å². The standard InChI is InChI=1S/C32H25ClF2N6O5/c1-17(19-8-10-20(11-9-19)32(45)46-2)38-31(44)27-14-26(30(43)36-15-18-7-12-23(34)24(35)13-18)39-28-21(16-37-41(27)28)29(42)40-25-6-4-3-5-22(25)33/h3-14,16-17H,15H2,1-2H3,(H,36,43)(H,38,44)(H,40,42)/t17-/m0/s1. The van der Waals surface area contributed by atoms with Crippen molar-refractivity contribution in [2.45, 2.75) is 19.5 Å². The van der Waals surface area contributed by atoms with Gasteiger partial charge in [0.1, 0.15) is 17.0 Å². The molecule has 3 N–H and O–H groups in total. The van der Waals surface area contributed by atoms with E-state index in [1.165, 1.54) is 25.4 Å². The Morgan fingerprint density at radius 3 is 2.37 bits per heavy atom. The van der Waals surface area contributed by atoms with Gasteiger partial charge in [-0.25, -0.2) is 23.1 Å². The number of amides is 3. The summed E-state index contributed by atoms with van der Waals surface area (Å²) in [6, 6.07) is 16.8. The van der Waals surface area contributed by atoms with Gasteiger partial charge in [-0.2, -0.15) is 5.10 Å². The number of methoxy groups -OCH3 is 1. The number of carbonyl (C=O) groups is 4. The average Bonchev–Trinajstić information content (AvgIpc) is 3.49. The number of carbonyl (C=O) groups excluding carboxylic acids is 4. The lowest BCUT2D eigenvalue weighted by Crippen LogP contribution is -2.30. The summed E-state index contributed by atoms with van der Waals surface area (Å²) >= 11 is 6.19. The van der Waals surface area contributed by atoms with Gasteiger partial charge in [0.05, 0.1) is 35.6 Å². The van der Waals surface area contributed by atoms with Crippen LogP contribution in [-0.4, -0.2) is 45.4 Å². The maximum absolute atomic E-state index is 13.7. The van der Waals surface area contributed by atoms with Gasteiger partial charge in [0.25, 0.3) is 17.7 Å². The molecule has 2 aromatic heterocycles. The Hall–Kier alpha value is -5.69. The fraction of sp³-hybridized carbons (Fsp3) is 0.125. The molecule has 5 rings (SSSR count). The highest BCUT2D eigenvalue weighted by Gasteiger charge is 2.24. The van der Waals surface area contributed by atoms with Gasteiger partial charge >= 0.3 is 5.97 Å². The Bertz CT molecular complexity index is 1980. The molecule has 1 atom stereocenters. The maximum Gasteiger partial charge on any atom is 0.337 e. The lowest BCUT2D eigenvalue weighted by atomic mass is 10.1. The van der Waals surface area contributed by atoms with Crippen LogP contribution in [0.4, 0.5) is 14.5 Å². The molecule has 0 aliphatic rings. The van der Waals surface area contributed by atoms with Crippen LogP contribution in [-0.2, 0) is 11.3 Å². The molecule has 0 saturated carbocycles. The molecule has 234 valence electrons. The number of aromatic nitrogens is 3. The smallest absolute Gasteiger partial charge is 0.337 e. The summed E-state index contributed by atoms with van der Waals surface area (Å²) in [7, 11) is 1.27. The predicted molar refractivity (Wildman–Crippen MR) is 164 cm³/mol. The highest BCUT2D eigenvalue weighted by atomic mass is 35.5. The van der Waals surface area contributed by atoms with Crippen LogP contribution >= 0.6 is 11.6 Å². The Labute approximate surface area is 265 Å². The molecule has 14 heteroatoms. The summed E-state index contributed by atoms with van der Waals surface area (Å²) in [5, 5.41) is 12.5. The summed E-state index contributed by atoms with van der Waals surface area (Å²) < 4.78 is 32.9. The number of ether oxygens (including phenoxy) is 1. The first kappa shape index (κ1) is 31.7. The molecule has 11 nitrogen and oxygen atoms in total. The monoisotopic (exact) mass is 646 g/mol. The zero-order valence-corrected chi connectivity index (χ0v) is 25.1. The van der Waals surface area contributed by atoms with Crippen molar-refractivity contribution in [2.75, 3.05) is 12.4 Å². The molecule has 0 radical (unpaired) electrons. The normalized spacial score (nSPS) is 11.5. The predicted octanol–water partition coefficient (Wildman–Crippen LogP) is 5.12. The number of hydrogen-bond acceptors (Lipinski definition) is 7. The number of anilines is 1. The van der Waals surface area contributed by atoms with E-state index < -0.39 is 41.4 Å². The number of para-hydroxylation sites is 1. The van der Waals surface area contributed by atoms with Crippen molar-refractivity contribution in [3.8, 4) is 0 Å². The summed E-state index contributed by atoms with van der Waals surface area (Å²) in [6.07, 6.45) is 1.20. The fourth-order valence-electron chi connectivity index (χ4n) is 4.46. The van der Waals surface area contributed by atoms with Crippen LogP contribution in [0, 0.1) is 11.6 Å². The molecule has 2 heterocycles. The second kappa shape index (κ2) is 13.5. The molecule has 0 aliphatic carbocycles. The van der Waals surface area contributed by atoms with Gasteiger partial charge in [0.15, 0.2) is 17.3 Å². The second-order valence-electron chi connectivity index (χ2n) is 9.99. The van der Waals surface area contributed by atoms with Crippen molar-refractivity contribution in [3.05, 3.63) is 129 Å². The van der Waals surface area contributed by atoms with Crippen LogP contribution in [0.15, 0.2) is 79.0 Å². The molecule has 3 aromatic carbocycles. The third-order valence-electron chi connectivity index (χ3n) is 6.92. The van der Waals surface area contributed by atoms with Gasteiger partial charge in [-0.05, 0) is 54.4 Å². The fourth-order valence-corrected chi connectivity index (χ4v) is 4.64. The highest BCUT2D eigenvalue weighted by molar-refractivity contribution is 6.34. The number of benzene rings is 3. The van der Waals surface area contributed by atoms with Gasteiger partial charge in [-0.15, -0.1) is 0 Å². The van der Waals surface area contributed by atoms with Crippen LogP contribution in [0.1, 0.15) is 65.8 Å². The third-order valence-corrected chi connectivity index (χ3v) is 7.25. The number of halogens is 3. The van der Waals surface area contributed by atoms with Gasteiger partial charge in [0, 0.05) is 12.6 Å². The van der Waals surface area contributed by atoms with E-state index in [0.717, 1.165) is 16.6 Å². The van der Waals surface area contributed by atoms with Crippen molar-refractivity contribution in [1.29, 1.82) is 0 Å². The van der Waals surface area contributed by atoms with E-state index in [4.69, 9.17) is 16.3 Å². The van der Waals surface area contributed by atoms with E-state index in [2.05, 4.69) is 26.0 Å². The minimum atomic E-state index is -1.08. The molecule has 0 spiro atoms. The molecule has 5 aromatic rings. The van der Waals surface area contributed by atoms with Crippen LogP contribution in [0.5, 0.6) is 0 Å². The topological polar surface area (TPSA) is 144 Å². The third kappa shape index (κ3) is 6.84. The number of fused-ring (bicyclic) bond motifs is 1. The number of hydrogen-bond donors (Lipinski definition) is 3. The van der Waals surface area contributed by atoms with E-state index in [0.29, 0.717) is 16.8 Å². The number of esters is 1. The van der Waals surface area contributed by atoms with Gasteiger partial charge in [-0.1, -0.05) is 41.9 Å². The Balaban J connectivity index is 1.47. The van der Waals surface area contributed by atoms with E-state index in [1.54, 1.807) is 55.5 Å². The quantitative estimate of drug-likeness (QED) is 0.189. The molecule has 46 heavy (non-hydrogen) atoms. The zero-order valence-electron chi connectivity index (χ0n) is 24.3. The van der Waals surface area contributed by atoms with Gasteiger partial charge < -0.3 is 20.7 Å². The first-order valence-electron chi connectivity index (χ1n) is 13.7. The Morgan fingerprint density at radius 2 is 1.67 bits per heavy atom. The molecular weight excluding hydrogens is 622 g/mol. The van der Waals surface area contributed by atoms with E-state index in [1.807, 2.05) is 0 Å². The van der Waals surface area contributed by atoms with Crippen LogP contribution in [0.25, 0.3) is 5.65 Å². The minimum absolute atomic E-state index is 0.0596. The molecule has 0 unspecified atom stereocenters. The van der Waals surface area contributed by atoms with Crippen molar-refractivity contribution >= 4 is 46.6 Å². The van der Waals surface area contributed by atoms with Crippen LogP contribution in [0.3, 0.4) is 0 Å². The largest absolute Gasteiger partial charge is 0.465 e. The molecule has 0 saturated heterocycles. The Kier molecular flexibility index (Phi) is 9.33. The lowest BCUT2D eigenvalue weighted by Gasteiger charge is -2.16. The zero-order chi connectivity index (χ0) is 33.0. The minimum Gasteiger partial charge on any atom is -0.465 e. The summed E-state index contributed by atoms with van der Waals surface area (Å²) in [4.78, 5) is 56.2. The maximum atomic E-state index is 13.7. The Morgan fingerprint density at radius 1 is 0.935 bits per heavy atom. The van der Waals surface area contributed by atoms with Crippen molar-refractivity contribution in [3.63, 3.8) is 0 Å².